The molecule has 0 fully saturated rings. The second-order valence-electron chi connectivity index (χ2n) is 17.6. The Morgan fingerprint density at radius 3 is 0.589 bits per heavy atom. The SMILES string of the molecule is CC[N+](C)(CC)Cc1ccc(P(CCP(c2ccc(C[N+](C)(CC)CC)cc2)c2ccc(C[N+](C)(CC)CC)cc2)c2ccc(C[N+](C)(CC)CC)cc2)cc1. The first kappa shape index (κ1) is 46.3. The minimum atomic E-state index is -0.527. The van der Waals surface area contributed by atoms with Crippen LogP contribution in [0, 0.1) is 0 Å². The average molecular weight is 799 g/mol. The van der Waals surface area contributed by atoms with E-state index in [1.54, 1.807) is 0 Å². The smallest absolute Gasteiger partial charge is 0.104 e. The molecule has 306 valence electrons. The molecule has 0 radical (unpaired) electrons. The van der Waals surface area contributed by atoms with Crippen molar-refractivity contribution in [2.45, 2.75) is 81.6 Å². The number of hydrogen-bond donors (Lipinski definition) is 0. The summed E-state index contributed by atoms with van der Waals surface area (Å²) in [7, 11) is 8.51. The van der Waals surface area contributed by atoms with Gasteiger partial charge in [-0.2, -0.15) is 0 Å². The highest BCUT2D eigenvalue weighted by Crippen LogP contribution is 2.42. The van der Waals surface area contributed by atoms with Gasteiger partial charge in [-0.1, -0.05) is 97.1 Å². The molecule has 56 heavy (non-hydrogen) atoms. The van der Waals surface area contributed by atoms with E-state index >= 15 is 0 Å². The molecular formula is C50H80N4P2+4. The lowest BCUT2D eigenvalue weighted by molar-refractivity contribution is -0.919. The Balaban J connectivity index is 1.72. The minimum absolute atomic E-state index is 0.527. The summed E-state index contributed by atoms with van der Waals surface area (Å²) in [5.74, 6) is 0. The molecule has 0 spiro atoms. The largest absolute Gasteiger partial charge is 0.323 e. The van der Waals surface area contributed by atoms with Gasteiger partial charge in [-0.05, 0) is 105 Å². The minimum Gasteiger partial charge on any atom is -0.323 e. The van der Waals surface area contributed by atoms with Crippen LogP contribution in [0.15, 0.2) is 97.1 Å². The van der Waals surface area contributed by atoms with Crippen molar-refractivity contribution in [1.82, 2.24) is 0 Å². The quantitative estimate of drug-likeness (QED) is 0.0519. The van der Waals surface area contributed by atoms with Crippen LogP contribution in [0.25, 0.3) is 0 Å². The Hall–Kier alpha value is -2.42. The van der Waals surface area contributed by atoms with E-state index in [9.17, 15) is 0 Å². The second-order valence-corrected chi connectivity index (χ2v) is 22.3. The summed E-state index contributed by atoms with van der Waals surface area (Å²) >= 11 is 0. The first-order chi connectivity index (χ1) is 26.7. The van der Waals surface area contributed by atoms with E-state index in [1.165, 1.54) is 55.8 Å². The van der Waals surface area contributed by atoms with Gasteiger partial charge in [-0.3, -0.25) is 0 Å². The molecule has 0 aromatic heterocycles. The van der Waals surface area contributed by atoms with Crippen LogP contribution in [0.5, 0.6) is 0 Å². The molecule has 0 saturated heterocycles. The van der Waals surface area contributed by atoms with Crippen LogP contribution in [0.2, 0.25) is 0 Å². The third-order valence-electron chi connectivity index (χ3n) is 13.9. The normalized spacial score (nSPS) is 12.9. The van der Waals surface area contributed by atoms with Gasteiger partial charge in [0.2, 0.25) is 0 Å². The molecule has 4 aromatic rings. The molecule has 4 nitrogen and oxygen atoms in total. The maximum Gasteiger partial charge on any atom is 0.104 e. The molecule has 4 aromatic carbocycles. The highest BCUT2D eigenvalue weighted by atomic mass is 31.1. The maximum atomic E-state index is 2.48. The third kappa shape index (κ3) is 12.5. The van der Waals surface area contributed by atoms with E-state index in [4.69, 9.17) is 0 Å². The van der Waals surface area contributed by atoms with Gasteiger partial charge in [0.05, 0.1) is 80.5 Å². The number of rotatable bonds is 23. The van der Waals surface area contributed by atoms with E-state index in [0.717, 1.165) is 96.5 Å². The second kappa shape index (κ2) is 21.0. The lowest BCUT2D eigenvalue weighted by atomic mass is 10.2. The van der Waals surface area contributed by atoms with Gasteiger partial charge in [-0.25, -0.2) is 0 Å². The fourth-order valence-corrected chi connectivity index (χ4v) is 13.0. The Kier molecular flexibility index (Phi) is 17.4. The summed E-state index contributed by atoms with van der Waals surface area (Å²) in [6.45, 7) is 32.2. The van der Waals surface area contributed by atoms with Crippen LogP contribution in [-0.2, 0) is 26.2 Å². The highest BCUT2D eigenvalue weighted by Gasteiger charge is 2.24. The van der Waals surface area contributed by atoms with Gasteiger partial charge in [-0.15, -0.1) is 0 Å². The van der Waals surface area contributed by atoms with E-state index in [-0.39, 0.29) is 0 Å². The van der Waals surface area contributed by atoms with Crippen molar-refractivity contribution in [3.05, 3.63) is 119 Å². The summed E-state index contributed by atoms with van der Waals surface area (Å²) in [4.78, 5) is 0. The molecule has 0 aliphatic heterocycles. The van der Waals surface area contributed by atoms with Crippen LogP contribution >= 0.6 is 15.8 Å². The predicted octanol–water partition coefficient (Wildman–Crippen LogP) is 9.20. The summed E-state index contributed by atoms with van der Waals surface area (Å²) in [6, 6.07) is 39.3. The van der Waals surface area contributed by atoms with E-state index in [1.807, 2.05) is 0 Å². The van der Waals surface area contributed by atoms with Gasteiger partial charge < -0.3 is 17.9 Å². The molecule has 0 atom stereocenters. The number of benzene rings is 4. The van der Waals surface area contributed by atoms with Crippen molar-refractivity contribution in [3.8, 4) is 0 Å². The number of nitrogens with zero attached hydrogens (tertiary/aromatic N) is 4. The fraction of sp³-hybridized carbons (Fsp3) is 0.520. The van der Waals surface area contributed by atoms with E-state index in [2.05, 4.69) is 181 Å². The van der Waals surface area contributed by atoms with Crippen molar-refractivity contribution in [3.63, 3.8) is 0 Å². The Bertz CT molecular complexity index is 1460. The molecule has 0 heterocycles. The van der Waals surface area contributed by atoms with Crippen LogP contribution in [-0.4, -0.2) is 111 Å². The van der Waals surface area contributed by atoms with Gasteiger partial charge in [0.25, 0.3) is 0 Å². The zero-order valence-corrected chi connectivity index (χ0v) is 39.6. The van der Waals surface area contributed by atoms with Crippen LogP contribution < -0.4 is 21.2 Å². The van der Waals surface area contributed by atoms with Gasteiger partial charge >= 0.3 is 0 Å². The molecule has 0 unspecified atom stereocenters. The molecule has 0 bridgehead atoms. The lowest BCUT2D eigenvalue weighted by Crippen LogP contribution is -2.42. The van der Waals surface area contributed by atoms with E-state index < -0.39 is 15.8 Å². The van der Waals surface area contributed by atoms with Gasteiger partial charge in [0.15, 0.2) is 0 Å². The number of quaternary nitrogens is 4. The van der Waals surface area contributed by atoms with Crippen molar-refractivity contribution >= 4 is 37.1 Å². The summed E-state index contributed by atoms with van der Waals surface area (Å²) in [6.07, 6.45) is 2.36. The standard InChI is InChI=1S/C50H80N4P2/c1-13-51(9,14-2)39-43-21-29-47(30-22-43)55(48-31-23-44(24-32-48)40-52(10,15-3)16-4)37-38-56(49-33-25-45(26-34-49)41-53(11,17-5)18-6)50-35-27-46(28-36-50)42-54(12,19-7)20-8/h21-36H,13-20,37-42H2,1-12H3/q+4. The summed E-state index contributed by atoms with van der Waals surface area (Å²) in [5, 5.41) is 6.04. The lowest BCUT2D eigenvalue weighted by Gasteiger charge is -2.33. The predicted molar refractivity (Wildman–Crippen MR) is 252 cm³/mol. The fourth-order valence-electron chi connectivity index (χ4n) is 7.69. The molecule has 0 amide bonds. The Morgan fingerprint density at radius 2 is 0.446 bits per heavy atom. The molecule has 6 heteroatoms. The van der Waals surface area contributed by atoms with Crippen molar-refractivity contribution in [2.24, 2.45) is 0 Å². The topological polar surface area (TPSA) is 0 Å². The monoisotopic (exact) mass is 799 g/mol. The van der Waals surface area contributed by atoms with E-state index in [0.29, 0.717) is 0 Å². The highest BCUT2D eigenvalue weighted by molar-refractivity contribution is 7.76. The maximum absolute atomic E-state index is 2.48. The Morgan fingerprint density at radius 1 is 0.286 bits per heavy atom. The molecule has 0 aliphatic carbocycles. The molecule has 4 rings (SSSR count). The average Bonchev–Trinajstić information content (AvgIpc) is 3.24. The summed E-state index contributed by atoms with van der Waals surface area (Å²) < 4.78 is 4.31. The molecule has 0 saturated carbocycles. The van der Waals surface area contributed by atoms with Crippen molar-refractivity contribution < 1.29 is 17.9 Å². The van der Waals surface area contributed by atoms with Crippen molar-refractivity contribution in [1.29, 1.82) is 0 Å². The third-order valence-corrected chi connectivity index (χ3v) is 19.3. The first-order valence-electron chi connectivity index (χ1n) is 22.0. The van der Waals surface area contributed by atoms with Crippen LogP contribution in [0.4, 0.5) is 0 Å². The molecular weight excluding hydrogens is 719 g/mol. The summed E-state index contributed by atoms with van der Waals surface area (Å²) in [5.41, 5.74) is 5.80. The zero-order chi connectivity index (χ0) is 41.0. The first-order valence-corrected chi connectivity index (χ1v) is 25.0. The van der Waals surface area contributed by atoms with Crippen LogP contribution in [0.1, 0.15) is 77.6 Å². The van der Waals surface area contributed by atoms with Crippen molar-refractivity contribution in [2.75, 3.05) is 92.9 Å². The number of hydrogen-bond acceptors (Lipinski definition) is 0. The zero-order valence-electron chi connectivity index (χ0n) is 37.8. The van der Waals surface area contributed by atoms with Gasteiger partial charge in [0.1, 0.15) is 26.2 Å². The molecule has 0 N–H and O–H groups in total. The van der Waals surface area contributed by atoms with Crippen LogP contribution in [0.3, 0.4) is 0 Å². The molecule has 0 aliphatic rings. The van der Waals surface area contributed by atoms with Gasteiger partial charge in [0, 0.05) is 22.3 Å². The Labute approximate surface area is 347 Å².